The molecule has 1 aromatic carbocycles. The first-order chi connectivity index (χ1) is 13.3. The third kappa shape index (κ3) is 2.80. The van der Waals surface area contributed by atoms with Gasteiger partial charge in [-0.2, -0.15) is 0 Å². The number of fused-ring (bicyclic) bond motifs is 1. The molecule has 1 aliphatic rings. The summed E-state index contributed by atoms with van der Waals surface area (Å²) >= 11 is 0. The van der Waals surface area contributed by atoms with Crippen molar-refractivity contribution >= 4 is 16.9 Å². The molecule has 0 unspecified atom stereocenters. The number of aliphatic hydroxyl groups excluding tert-OH is 2. The van der Waals surface area contributed by atoms with E-state index in [1.54, 1.807) is 41.1 Å². The van der Waals surface area contributed by atoms with E-state index in [1.807, 2.05) is 0 Å². The quantitative estimate of drug-likeness (QED) is 0.516. The summed E-state index contributed by atoms with van der Waals surface area (Å²) in [4.78, 5) is 8.14. The molecule has 1 saturated heterocycles. The number of ether oxygens (including phenoxy) is 2. The number of nitrogens with two attached hydrogens (primary N) is 1. The average molecular weight is 386 g/mol. The molecule has 5 atom stereocenters. The maximum atomic E-state index is 10.9. The number of methoxy groups -OCH3 is 1. The molecule has 9 nitrogen and oxygen atoms in total. The zero-order valence-electron chi connectivity index (χ0n) is 15.4. The van der Waals surface area contributed by atoms with Gasteiger partial charge in [0.1, 0.15) is 47.5 Å². The van der Waals surface area contributed by atoms with Crippen molar-refractivity contribution in [1.82, 2.24) is 14.5 Å². The van der Waals surface area contributed by atoms with Gasteiger partial charge in [-0.15, -0.1) is 0 Å². The van der Waals surface area contributed by atoms with Crippen molar-refractivity contribution in [3.8, 4) is 5.75 Å². The second-order valence-electron chi connectivity index (χ2n) is 7.06. The van der Waals surface area contributed by atoms with E-state index in [-0.39, 0.29) is 0 Å². The van der Waals surface area contributed by atoms with Gasteiger partial charge in [0.15, 0.2) is 6.23 Å². The number of hydrogen-bond donors (Lipinski definition) is 4. The van der Waals surface area contributed by atoms with E-state index in [4.69, 9.17) is 15.2 Å². The minimum Gasteiger partial charge on any atom is -0.497 e. The molecular formula is C19H22N4O5. The minimum atomic E-state index is -1.72. The zero-order chi connectivity index (χ0) is 20.1. The third-order valence-electron chi connectivity index (χ3n) is 5.27. The Bertz CT molecular complexity index is 1000. The lowest BCUT2D eigenvalue weighted by atomic mass is 9.88. The van der Waals surface area contributed by atoms with Crippen molar-refractivity contribution in [1.29, 1.82) is 0 Å². The van der Waals surface area contributed by atoms with Crippen molar-refractivity contribution in [2.75, 3.05) is 12.8 Å². The number of hydrogen-bond acceptors (Lipinski definition) is 8. The van der Waals surface area contributed by atoms with Crippen molar-refractivity contribution < 1.29 is 24.8 Å². The van der Waals surface area contributed by atoms with E-state index in [0.717, 1.165) is 0 Å². The molecule has 0 radical (unpaired) electrons. The van der Waals surface area contributed by atoms with Crippen LogP contribution in [0.4, 0.5) is 5.82 Å². The van der Waals surface area contributed by atoms with Gasteiger partial charge in [0, 0.05) is 6.20 Å². The molecule has 9 heteroatoms. The van der Waals surface area contributed by atoms with E-state index in [9.17, 15) is 15.3 Å². The standard InChI is InChI=1S/C19H22N4O5/c1-19(26)14(25)18(23-7-6-12-16(20)21-9-22-17(12)23)28-15(19)13(24)10-4-3-5-11(8-10)27-2/h3-9,13-15,18,24-26H,1-2H3,(H2,20,21,22)/t13-,14-,15+,18+,19-/m0/s1. The summed E-state index contributed by atoms with van der Waals surface area (Å²) < 4.78 is 12.7. The number of anilines is 1. The Balaban J connectivity index is 1.70. The molecule has 148 valence electrons. The first-order valence-corrected chi connectivity index (χ1v) is 8.79. The summed E-state index contributed by atoms with van der Waals surface area (Å²) in [6.07, 6.45) is -1.59. The van der Waals surface area contributed by atoms with Crippen LogP contribution >= 0.6 is 0 Å². The largest absolute Gasteiger partial charge is 0.497 e. The van der Waals surface area contributed by atoms with Crippen molar-refractivity contribution in [2.45, 2.75) is 37.1 Å². The number of benzene rings is 1. The van der Waals surface area contributed by atoms with Gasteiger partial charge < -0.3 is 35.1 Å². The molecule has 0 saturated carbocycles. The zero-order valence-corrected chi connectivity index (χ0v) is 15.4. The lowest BCUT2D eigenvalue weighted by Gasteiger charge is -2.29. The highest BCUT2D eigenvalue weighted by Crippen LogP contribution is 2.43. The van der Waals surface area contributed by atoms with Gasteiger partial charge in [0.05, 0.1) is 12.5 Å². The fourth-order valence-corrected chi connectivity index (χ4v) is 3.63. The lowest BCUT2D eigenvalue weighted by Crippen LogP contribution is -2.47. The maximum absolute atomic E-state index is 10.9. The van der Waals surface area contributed by atoms with E-state index in [1.165, 1.54) is 20.4 Å². The second-order valence-corrected chi connectivity index (χ2v) is 7.06. The first-order valence-electron chi connectivity index (χ1n) is 8.79. The van der Waals surface area contributed by atoms with Gasteiger partial charge in [0.2, 0.25) is 0 Å². The molecule has 0 bridgehead atoms. The fraction of sp³-hybridized carbons (Fsp3) is 0.368. The predicted octanol–water partition coefficient (Wildman–Crippen LogP) is 0.765. The van der Waals surface area contributed by atoms with Gasteiger partial charge in [-0.1, -0.05) is 12.1 Å². The topological polar surface area (TPSA) is 136 Å². The minimum absolute atomic E-state index is 0.302. The number of rotatable bonds is 4. The van der Waals surface area contributed by atoms with E-state index >= 15 is 0 Å². The van der Waals surface area contributed by atoms with Gasteiger partial charge in [-0.3, -0.25) is 0 Å². The summed E-state index contributed by atoms with van der Waals surface area (Å²) in [7, 11) is 1.53. The third-order valence-corrected chi connectivity index (χ3v) is 5.27. The molecule has 2 aromatic heterocycles. The fourth-order valence-electron chi connectivity index (χ4n) is 3.63. The summed E-state index contributed by atoms with van der Waals surface area (Å²) in [5.41, 5.74) is 5.11. The van der Waals surface area contributed by atoms with Crippen molar-refractivity contribution in [2.24, 2.45) is 0 Å². The smallest absolute Gasteiger partial charge is 0.164 e. The van der Waals surface area contributed by atoms with Crippen LogP contribution in [0.25, 0.3) is 11.0 Å². The summed E-state index contributed by atoms with van der Waals surface area (Å²) in [5.74, 6) is 0.867. The van der Waals surface area contributed by atoms with Crippen LogP contribution in [-0.2, 0) is 4.74 Å². The van der Waals surface area contributed by atoms with Gasteiger partial charge in [0.25, 0.3) is 0 Å². The molecule has 3 heterocycles. The normalized spacial score (nSPS) is 28.5. The van der Waals surface area contributed by atoms with Crippen LogP contribution in [-0.4, -0.2) is 54.8 Å². The lowest BCUT2D eigenvalue weighted by molar-refractivity contribution is -0.115. The van der Waals surface area contributed by atoms with Gasteiger partial charge in [-0.05, 0) is 30.7 Å². The monoisotopic (exact) mass is 386 g/mol. The van der Waals surface area contributed by atoms with Gasteiger partial charge >= 0.3 is 0 Å². The Kier molecular flexibility index (Phi) is 4.47. The Labute approximate surface area is 161 Å². The SMILES string of the molecule is COc1cccc([C@H](O)[C@H]2O[C@@H](n3ccc4c(N)ncnc43)[C@H](O)[C@]2(C)O)c1. The van der Waals surface area contributed by atoms with Crippen LogP contribution < -0.4 is 10.5 Å². The highest BCUT2D eigenvalue weighted by molar-refractivity contribution is 5.86. The van der Waals surface area contributed by atoms with E-state index < -0.39 is 30.1 Å². The number of nitrogen functional groups attached to an aromatic ring is 1. The maximum Gasteiger partial charge on any atom is 0.164 e. The Morgan fingerprint density at radius 2 is 2.11 bits per heavy atom. The summed E-state index contributed by atoms with van der Waals surface area (Å²) in [6, 6.07) is 8.54. The Morgan fingerprint density at radius 1 is 1.32 bits per heavy atom. The Morgan fingerprint density at radius 3 is 2.86 bits per heavy atom. The van der Waals surface area contributed by atoms with Crippen molar-refractivity contribution in [3.63, 3.8) is 0 Å². The van der Waals surface area contributed by atoms with Crippen LogP contribution in [0.5, 0.6) is 5.75 Å². The van der Waals surface area contributed by atoms with Crippen LogP contribution in [0, 0.1) is 0 Å². The number of aromatic nitrogens is 3. The molecule has 1 fully saturated rings. The molecule has 3 aromatic rings. The molecule has 0 spiro atoms. The van der Waals surface area contributed by atoms with E-state index in [0.29, 0.717) is 28.2 Å². The molecule has 4 rings (SSSR count). The number of nitrogens with zero attached hydrogens (tertiary/aromatic N) is 3. The highest BCUT2D eigenvalue weighted by atomic mass is 16.6. The molecule has 5 N–H and O–H groups in total. The summed E-state index contributed by atoms with van der Waals surface area (Å²) in [6.45, 7) is 1.43. The highest BCUT2D eigenvalue weighted by Gasteiger charge is 2.55. The second kappa shape index (κ2) is 6.71. The number of aliphatic hydroxyl groups is 3. The van der Waals surface area contributed by atoms with Crippen LogP contribution in [0.3, 0.4) is 0 Å². The average Bonchev–Trinajstić information content (AvgIpc) is 3.22. The molecule has 28 heavy (non-hydrogen) atoms. The molecule has 0 amide bonds. The Hall–Kier alpha value is -2.72. The first kappa shape index (κ1) is 18.6. The summed E-state index contributed by atoms with van der Waals surface area (Å²) in [5, 5.41) is 33.2. The molecular weight excluding hydrogens is 364 g/mol. The van der Waals surface area contributed by atoms with Gasteiger partial charge in [-0.25, -0.2) is 9.97 Å². The predicted molar refractivity (Wildman–Crippen MR) is 100 cm³/mol. The molecule has 0 aliphatic carbocycles. The molecule has 1 aliphatic heterocycles. The van der Waals surface area contributed by atoms with E-state index in [2.05, 4.69) is 9.97 Å². The van der Waals surface area contributed by atoms with Crippen LogP contribution in [0.2, 0.25) is 0 Å². The van der Waals surface area contributed by atoms with Crippen molar-refractivity contribution in [3.05, 3.63) is 48.4 Å². The van der Waals surface area contributed by atoms with Crippen LogP contribution in [0.15, 0.2) is 42.9 Å². The van der Waals surface area contributed by atoms with Crippen LogP contribution in [0.1, 0.15) is 24.8 Å².